The molecule has 0 aliphatic rings. The average molecular weight is 235 g/mol. The molecule has 0 saturated carbocycles. The van der Waals surface area contributed by atoms with E-state index in [1.54, 1.807) is 0 Å². The van der Waals surface area contributed by atoms with Crippen molar-refractivity contribution in [2.45, 2.75) is 6.18 Å². The van der Waals surface area contributed by atoms with Crippen molar-refractivity contribution in [3.05, 3.63) is 23.3 Å². The van der Waals surface area contributed by atoms with Crippen LogP contribution in [0.1, 0.15) is 15.9 Å². The van der Waals surface area contributed by atoms with E-state index < -0.39 is 29.0 Å². The Morgan fingerprint density at radius 3 is 2.44 bits per heavy atom. The van der Waals surface area contributed by atoms with E-state index in [1.165, 1.54) is 0 Å². The fraction of sp³-hybridized carbons (Fsp3) is 0.222. The van der Waals surface area contributed by atoms with Gasteiger partial charge in [0.05, 0.1) is 23.9 Å². The highest BCUT2D eigenvalue weighted by Crippen LogP contribution is 2.36. The number of halogens is 3. The maximum absolute atomic E-state index is 12.5. The molecule has 0 amide bonds. The summed E-state index contributed by atoms with van der Waals surface area (Å²) >= 11 is 0. The number of anilines is 1. The van der Waals surface area contributed by atoms with Gasteiger partial charge in [0.15, 0.2) is 0 Å². The van der Waals surface area contributed by atoms with E-state index in [2.05, 4.69) is 4.74 Å². The number of esters is 1. The number of ether oxygens (including phenoxy) is 1. The summed E-state index contributed by atoms with van der Waals surface area (Å²) in [6, 6.07) is 1.12. The molecule has 0 spiro atoms. The minimum Gasteiger partial charge on any atom is -0.506 e. The van der Waals surface area contributed by atoms with E-state index in [4.69, 9.17) is 10.8 Å². The lowest BCUT2D eigenvalue weighted by Gasteiger charge is -2.12. The van der Waals surface area contributed by atoms with E-state index >= 15 is 0 Å². The van der Waals surface area contributed by atoms with Crippen molar-refractivity contribution in [2.24, 2.45) is 0 Å². The molecule has 16 heavy (non-hydrogen) atoms. The molecule has 0 aliphatic heterocycles. The Morgan fingerprint density at radius 1 is 1.44 bits per heavy atom. The maximum Gasteiger partial charge on any atom is 0.417 e. The Bertz CT molecular complexity index is 429. The van der Waals surface area contributed by atoms with Crippen molar-refractivity contribution in [1.82, 2.24) is 0 Å². The van der Waals surface area contributed by atoms with Gasteiger partial charge >= 0.3 is 12.1 Å². The molecule has 3 N–H and O–H groups in total. The summed E-state index contributed by atoms with van der Waals surface area (Å²) in [4.78, 5) is 11.1. The summed E-state index contributed by atoms with van der Waals surface area (Å²) in [6.45, 7) is 0. The van der Waals surface area contributed by atoms with Crippen LogP contribution in [0.25, 0.3) is 0 Å². The van der Waals surface area contributed by atoms with Crippen molar-refractivity contribution in [2.75, 3.05) is 12.8 Å². The zero-order valence-electron chi connectivity index (χ0n) is 8.13. The number of methoxy groups -OCH3 is 1. The highest BCUT2D eigenvalue weighted by molar-refractivity contribution is 5.93. The Hall–Kier alpha value is -1.92. The second kappa shape index (κ2) is 3.92. The summed E-state index contributed by atoms with van der Waals surface area (Å²) in [5.41, 5.74) is 2.86. The fourth-order valence-corrected chi connectivity index (χ4v) is 1.12. The first-order chi connectivity index (χ1) is 7.27. The number of hydrogen-bond acceptors (Lipinski definition) is 4. The average Bonchev–Trinajstić information content (AvgIpc) is 2.18. The predicted octanol–water partition coefficient (Wildman–Crippen LogP) is 1.78. The van der Waals surface area contributed by atoms with Crippen molar-refractivity contribution >= 4 is 11.7 Å². The van der Waals surface area contributed by atoms with Gasteiger partial charge in [-0.15, -0.1) is 0 Å². The van der Waals surface area contributed by atoms with Crippen LogP contribution in [0.15, 0.2) is 12.1 Å². The molecule has 1 aromatic carbocycles. The van der Waals surface area contributed by atoms with Gasteiger partial charge < -0.3 is 15.6 Å². The Balaban J connectivity index is 3.45. The molecular weight excluding hydrogens is 227 g/mol. The number of rotatable bonds is 1. The van der Waals surface area contributed by atoms with Crippen LogP contribution in [0.3, 0.4) is 0 Å². The van der Waals surface area contributed by atoms with Crippen LogP contribution in [0.2, 0.25) is 0 Å². The molecule has 1 aromatic rings. The molecule has 0 aliphatic carbocycles. The molecule has 0 bridgehead atoms. The first-order valence-corrected chi connectivity index (χ1v) is 4.05. The van der Waals surface area contributed by atoms with Gasteiger partial charge in [-0.05, 0) is 12.1 Å². The third-order valence-electron chi connectivity index (χ3n) is 1.88. The quantitative estimate of drug-likeness (QED) is 0.442. The van der Waals surface area contributed by atoms with Crippen LogP contribution in [0, 0.1) is 0 Å². The number of nitrogen functional groups attached to an aromatic ring is 1. The van der Waals surface area contributed by atoms with Crippen molar-refractivity contribution in [3.8, 4) is 5.75 Å². The molecule has 0 heterocycles. The van der Waals surface area contributed by atoms with Crippen LogP contribution in [-0.4, -0.2) is 18.2 Å². The lowest BCUT2D eigenvalue weighted by molar-refractivity contribution is -0.138. The smallest absolute Gasteiger partial charge is 0.417 e. The van der Waals surface area contributed by atoms with E-state index in [1.807, 2.05) is 0 Å². The molecule has 0 aromatic heterocycles. The van der Waals surface area contributed by atoms with Crippen LogP contribution in [-0.2, 0) is 10.9 Å². The third kappa shape index (κ3) is 2.18. The number of phenols is 1. The molecule has 4 nitrogen and oxygen atoms in total. The number of carbonyl (C=O) groups is 1. The topological polar surface area (TPSA) is 72.5 Å². The molecule has 1 rings (SSSR count). The second-order valence-corrected chi connectivity index (χ2v) is 2.95. The lowest BCUT2D eigenvalue weighted by Crippen LogP contribution is -2.14. The monoisotopic (exact) mass is 235 g/mol. The van der Waals surface area contributed by atoms with Crippen LogP contribution in [0.4, 0.5) is 18.9 Å². The molecule has 0 atom stereocenters. The van der Waals surface area contributed by atoms with Crippen molar-refractivity contribution in [1.29, 1.82) is 0 Å². The SMILES string of the molecule is COC(=O)c1cc(N)c(O)cc1C(F)(F)F. The molecule has 88 valence electrons. The van der Waals surface area contributed by atoms with Crippen LogP contribution < -0.4 is 5.73 Å². The zero-order valence-corrected chi connectivity index (χ0v) is 8.13. The standard InChI is InChI=1S/C9H8F3NO3/c1-16-8(15)4-2-6(13)7(14)3-5(4)9(10,11)12/h2-3,14H,13H2,1H3. The molecule has 0 unspecified atom stereocenters. The molecule has 0 saturated heterocycles. The first-order valence-electron chi connectivity index (χ1n) is 4.05. The Labute approximate surface area is 88.4 Å². The van der Waals surface area contributed by atoms with Gasteiger partial charge in [0, 0.05) is 0 Å². The van der Waals surface area contributed by atoms with Gasteiger partial charge in [-0.2, -0.15) is 13.2 Å². The van der Waals surface area contributed by atoms with E-state index in [0.29, 0.717) is 6.07 Å². The number of alkyl halides is 3. The maximum atomic E-state index is 12.5. The molecular formula is C9H8F3NO3. The van der Waals surface area contributed by atoms with Gasteiger partial charge in [0.25, 0.3) is 0 Å². The van der Waals surface area contributed by atoms with Gasteiger partial charge in [-0.1, -0.05) is 0 Å². The lowest BCUT2D eigenvalue weighted by atomic mass is 10.1. The van der Waals surface area contributed by atoms with Crippen molar-refractivity contribution < 1.29 is 27.8 Å². The summed E-state index contributed by atoms with van der Waals surface area (Å²) in [7, 11) is 0.950. The normalized spacial score (nSPS) is 11.2. The Kier molecular flexibility index (Phi) is 2.97. The van der Waals surface area contributed by atoms with Gasteiger partial charge in [0.1, 0.15) is 5.75 Å². The largest absolute Gasteiger partial charge is 0.506 e. The summed E-state index contributed by atoms with van der Waals surface area (Å²) in [5, 5.41) is 9.07. The summed E-state index contributed by atoms with van der Waals surface area (Å²) in [6.07, 6.45) is -4.77. The van der Waals surface area contributed by atoms with E-state index in [-0.39, 0.29) is 5.69 Å². The first kappa shape index (κ1) is 12.2. The number of phenolic OH excluding ortho intramolecular Hbond substituents is 1. The number of benzene rings is 1. The van der Waals surface area contributed by atoms with Gasteiger partial charge in [-0.3, -0.25) is 0 Å². The number of hydrogen-bond donors (Lipinski definition) is 2. The fourth-order valence-electron chi connectivity index (χ4n) is 1.12. The molecule has 7 heteroatoms. The Morgan fingerprint density at radius 2 is 2.00 bits per heavy atom. The van der Waals surface area contributed by atoms with Gasteiger partial charge in [-0.25, -0.2) is 4.79 Å². The highest BCUT2D eigenvalue weighted by atomic mass is 19.4. The second-order valence-electron chi connectivity index (χ2n) is 2.95. The minimum absolute atomic E-state index is 0.326. The highest BCUT2D eigenvalue weighted by Gasteiger charge is 2.36. The third-order valence-corrected chi connectivity index (χ3v) is 1.88. The van der Waals surface area contributed by atoms with Gasteiger partial charge in [0.2, 0.25) is 0 Å². The summed E-state index contributed by atoms with van der Waals surface area (Å²) in [5.74, 6) is -1.90. The zero-order chi connectivity index (χ0) is 12.5. The van der Waals surface area contributed by atoms with Crippen molar-refractivity contribution in [3.63, 3.8) is 0 Å². The molecule has 0 fully saturated rings. The van der Waals surface area contributed by atoms with E-state index in [9.17, 15) is 18.0 Å². The molecule has 0 radical (unpaired) electrons. The summed E-state index contributed by atoms with van der Waals surface area (Å²) < 4.78 is 41.7. The number of aromatic hydroxyl groups is 1. The van der Waals surface area contributed by atoms with Crippen LogP contribution >= 0.6 is 0 Å². The number of carbonyl (C=O) groups excluding carboxylic acids is 1. The predicted molar refractivity (Wildman–Crippen MR) is 48.9 cm³/mol. The van der Waals surface area contributed by atoms with Crippen LogP contribution in [0.5, 0.6) is 5.75 Å². The minimum atomic E-state index is -4.77. The number of nitrogens with two attached hydrogens (primary N) is 1. The van der Waals surface area contributed by atoms with E-state index in [0.717, 1.165) is 13.2 Å².